The van der Waals surface area contributed by atoms with Crippen molar-refractivity contribution in [3.05, 3.63) is 288 Å². The normalized spacial score (nSPS) is 17.9. The molecule has 658 valence electrons. The van der Waals surface area contributed by atoms with E-state index in [1.807, 2.05) is 263 Å². The molecule has 0 bridgehead atoms. The molecule has 125 heavy (non-hydrogen) atoms. The van der Waals surface area contributed by atoms with Gasteiger partial charge in [-0.2, -0.15) is 0 Å². The van der Waals surface area contributed by atoms with Gasteiger partial charge in [-0.1, -0.05) is 219 Å². The number of amides is 6. The van der Waals surface area contributed by atoms with Gasteiger partial charge in [0.1, 0.15) is 12.2 Å². The molecule has 3 aliphatic rings. The molecule has 0 spiro atoms. The largest absolute Gasteiger partial charge is 0.375 e. The van der Waals surface area contributed by atoms with Crippen molar-refractivity contribution in [1.82, 2.24) is 46.6 Å². The first-order chi connectivity index (χ1) is 60.8. The molecule has 0 aromatic heterocycles. The summed E-state index contributed by atoms with van der Waals surface area (Å²) >= 11 is 0. The average Bonchev–Trinajstić information content (AvgIpc) is 1.48. The number of hydrogen-bond donors (Lipinski definition) is 12. The Labute approximate surface area is 732 Å². The topological polar surface area (TPSA) is 405 Å². The monoisotopic (exact) mass is 1690 g/mol. The number of ether oxygens (including phenoxy) is 3. The number of aliphatic imine (C=N–C) groups is 3. The number of guanidine groups is 3. The van der Waals surface area contributed by atoms with E-state index in [4.69, 9.17) is 48.6 Å². The first-order valence-corrected chi connectivity index (χ1v) is 43.4. The first-order valence-electron chi connectivity index (χ1n) is 43.4. The zero-order valence-corrected chi connectivity index (χ0v) is 71.7. The van der Waals surface area contributed by atoms with Gasteiger partial charge in [0.25, 0.3) is 17.7 Å². The van der Waals surface area contributed by atoms with Gasteiger partial charge in [0, 0.05) is 107 Å². The Morgan fingerprint density at radius 1 is 0.392 bits per heavy atom. The quantitative estimate of drug-likeness (QED) is 0.00978. The third kappa shape index (κ3) is 29.3. The smallest absolute Gasteiger partial charge is 0.251 e. The Morgan fingerprint density at radius 2 is 0.688 bits per heavy atom. The van der Waals surface area contributed by atoms with E-state index in [-0.39, 0.29) is 89.8 Å². The lowest BCUT2D eigenvalue weighted by Crippen LogP contribution is -2.49. The van der Waals surface area contributed by atoms with Crippen molar-refractivity contribution in [2.75, 3.05) is 92.3 Å². The molecule has 27 heteroatoms. The fourth-order valence-electron chi connectivity index (χ4n) is 15.8. The zero-order valence-electron chi connectivity index (χ0n) is 71.7. The fraction of sp³-hybridized carbons (Fsp3) is 0.357. The van der Waals surface area contributed by atoms with E-state index in [1.165, 1.54) is 0 Å². The van der Waals surface area contributed by atoms with Crippen LogP contribution in [0.2, 0.25) is 0 Å². The second-order valence-corrected chi connectivity index (χ2v) is 31.7. The van der Waals surface area contributed by atoms with Gasteiger partial charge in [0.2, 0.25) is 17.7 Å². The number of carbonyl (C=O) groups excluding carboxylic acids is 6. The van der Waals surface area contributed by atoms with Crippen LogP contribution in [0.15, 0.2) is 264 Å². The minimum atomic E-state index is -0.449. The Kier molecular flexibility index (Phi) is 36.5. The molecule has 3 heterocycles. The highest BCUT2D eigenvalue weighted by molar-refractivity contribution is 6.00. The van der Waals surface area contributed by atoms with Crippen molar-refractivity contribution < 1.29 is 43.0 Å². The summed E-state index contributed by atoms with van der Waals surface area (Å²) in [5, 5.41) is 26.1. The molecule has 3 unspecified atom stereocenters. The third-order valence-electron chi connectivity index (χ3n) is 22.6. The van der Waals surface area contributed by atoms with E-state index in [2.05, 4.69) is 53.8 Å². The maximum absolute atomic E-state index is 14.0. The van der Waals surface area contributed by atoms with Gasteiger partial charge in [0.15, 0.2) is 17.9 Å². The molecule has 3 aliphatic heterocycles. The number of nitrogens with one attached hydrogen (secondary N) is 6. The number of benzene rings is 10. The maximum atomic E-state index is 14.0. The predicted molar refractivity (Wildman–Crippen MR) is 496 cm³/mol. The lowest BCUT2D eigenvalue weighted by molar-refractivity contribution is -0.135. The van der Waals surface area contributed by atoms with E-state index < -0.39 is 18.1 Å². The molecule has 9 atom stereocenters. The van der Waals surface area contributed by atoms with Gasteiger partial charge in [0.05, 0.1) is 50.5 Å². The van der Waals surface area contributed by atoms with Crippen LogP contribution < -0.4 is 66.3 Å². The van der Waals surface area contributed by atoms with Crippen molar-refractivity contribution in [3.63, 3.8) is 0 Å². The van der Waals surface area contributed by atoms with E-state index in [1.54, 1.807) is 7.11 Å². The van der Waals surface area contributed by atoms with Gasteiger partial charge in [-0.25, -0.2) is 0 Å². The predicted octanol–water partition coefficient (Wildman–Crippen LogP) is 10.1. The minimum absolute atomic E-state index is 0.00676. The van der Waals surface area contributed by atoms with Crippen molar-refractivity contribution in [2.24, 2.45) is 49.4 Å². The van der Waals surface area contributed by atoms with Crippen LogP contribution in [0.1, 0.15) is 143 Å². The standard InChI is InChI=1S/C36H42N6O3.C32H42N6O3.C30H38N6O3/c37-36(38)39-20-9-16-32-35(44)42(24-33(28-13-5-2-6-14-28)45-25-26-10-3-1-4-11-26)21-19-31(41-32)23-40-34(43)30-18-17-27-12-7-8-15-29(27)22-30;1-2-19-41-29(24-10-4-3-5-11-24)22-38-18-16-27(37-28(31(38)40)13-8-17-35-32(33)34)21-36-30(39)26-15-14-23-9-6-7-12-25(23)20-26;1-39-27(22-9-3-2-4-10-22)20-36-17-15-25(35-26(29(36)38)12-7-16-33-30(31)32)19-34-28(37)24-14-13-21-8-5-6-11-23(21)18-24/h1-8,10-15,17-18,22,31-33,41H,9,16,19-21,23-25H2,(H,40,43)(H4,37,38,39);3-7,9-12,14-15,20,27-29,37H,2,8,13,16-19,21-22H2,1H3,(H,36,39)(H4,33,34,35);2-6,8-11,13-14,18,25-27,35H,7,12,15-17,19-20H2,1H3,(H,34,37)(H4,31,32,33)/t31-,32-,33?;27-,28-,29?;25-,26-,27?/m000/s1. The number of nitrogens with two attached hydrogens (primary N) is 6. The Hall–Kier alpha value is -12.6. The number of fused-ring (bicyclic) bond motifs is 3. The summed E-state index contributed by atoms with van der Waals surface area (Å²) in [6.45, 7) is 8.64. The fourth-order valence-corrected chi connectivity index (χ4v) is 15.8. The molecule has 27 nitrogen and oxygen atoms in total. The minimum Gasteiger partial charge on any atom is -0.375 e. The molecule has 0 saturated carbocycles. The Morgan fingerprint density at radius 3 is 1.01 bits per heavy atom. The van der Waals surface area contributed by atoms with Crippen LogP contribution in [0.4, 0.5) is 0 Å². The SMILES string of the molecule is CCCOC(CN1CC[C@@H](CNC(=O)c2ccc3ccccc3c2)N[C@@H](CCCN=C(N)N)C1=O)c1ccccc1.COC(CN1CC[C@@H](CNC(=O)c2ccc3ccccc3c2)N[C@@H](CCCN=C(N)N)C1=O)c1ccccc1.NC(N)=NCCC[C@@H]1N[C@H](CNC(=O)c2ccc3ccccc3c2)CCN(CC(OCc2ccccc2)c2ccccc2)C1=O. The molecule has 10 aromatic carbocycles. The van der Waals surface area contributed by atoms with Crippen LogP contribution in [-0.4, -0.2) is 197 Å². The van der Waals surface area contributed by atoms with Crippen LogP contribution in [0.3, 0.4) is 0 Å². The Bertz CT molecular complexity index is 5180. The molecule has 10 aromatic rings. The van der Waals surface area contributed by atoms with Gasteiger partial charge in [-0.15, -0.1) is 0 Å². The molecule has 13 rings (SSSR count). The highest BCUT2D eigenvalue weighted by Gasteiger charge is 2.36. The third-order valence-corrected chi connectivity index (χ3v) is 22.6. The van der Waals surface area contributed by atoms with Crippen LogP contribution >= 0.6 is 0 Å². The van der Waals surface area contributed by atoms with E-state index in [0.29, 0.717) is 166 Å². The van der Waals surface area contributed by atoms with Crippen molar-refractivity contribution in [1.29, 1.82) is 0 Å². The van der Waals surface area contributed by atoms with E-state index in [9.17, 15) is 28.8 Å². The van der Waals surface area contributed by atoms with Gasteiger partial charge in [-0.05, 0) is 155 Å². The summed E-state index contributed by atoms with van der Waals surface area (Å²) in [5.41, 5.74) is 38.9. The number of methoxy groups -OCH3 is 1. The summed E-state index contributed by atoms with van der Waals surface area (Å²) in [6, 6.07) is 79.5. The summed E-state index contributed by atoms with van der Waals surface area (Å²) in [4.78, 5) is 98.4. The summed E-state index contributed by atoms with van der Waals surface area (Å²) < 4.78 is 18.4. The summed E-state index contributed by atoms with van der Waals surface area (Å²) in [7, 11) is 1.66. The molecular formula is C98H122N18O9. The molecule has 3 saturated heterocycles. The van der Waals surface area contributed by atoms with Gasteiger partial charge >= 0.3 is 0 Å². The highest BCUT2D eigenvalue weighted by atomic mass is 16.5. The molecule has 0 aliphatic carbocycles. The first kappa shape index (κ1) is 93.1. The van der Waals surface area contributed by atoms with Crippen LogP contribution in [0, 0.1) is 0 Å². The van der Waals surface area contributed by atoms with E-state index in [0.717, 1.165) is 61.0 Å². The van der Waals surface area contributed by atoms with Gasteiger partial charge in [-0.3, -0.25) is 43.7 Å². The number of hydrogen-bond acceptors (Lipinski definition) is 15. The van der Waals surface area contributed by atoms with Crippen LogP contribution in [0.5, 0.6) is 0 Å². The molecule has 0 radical (unpaired) electrons. The number of carbonyl (C=O) groups is 6. The van der Waals surface area contributed by atoms with E-state index >= 15 is 0 Å². The molecule has 3 fully saturated rings. The van der Waals surface area contributed by atoms with Crippen LogP contribution in [-0.2, 0) is 35.2 Å². The second-order valence-electron chi connectivity index (χ2n) is 31.7. The number of nitrogens with zero attached hydrogens (tertiary/aromatic N) is 6. The van der Waals surface area contributed by atoms with Crippen LogP contribution in [0.25, 0.3) is 32.3 Å². The zero-order chi connectivity index (χ0) is 88.1. The van der Waals surface area contributed by atoms with Crippen molar-refractivity contribution >= 4 is 85.6 Å². The highest BCUT2D eigenvalue weighted by Crippen LogP contribution is 2.28. The maximum Gasteiger partial charge on any atom is 0.251 e. The summed E-state index contributed by atoms with van der Waals surface area (Å²) in [5.74, 6) is -0.247. The molecular weight excluding hydrogens is 1570 g/mol. The second kappa shape index (κ2) is 49.0. The average molecular weight is 1700 g/mol. The summed E-state index contributed by atoms with van der Waals surface area (Å²) in [6.07, 6.45) is 5.85. The van der Waals surface area contributed by atoms with Crippen molar-refractivity contribution in [3.8, 4) is 0 Å². The number of rotatable bonds is 37. The lowest BCUT2D eigenvalue weighted by atomic mass is 10.1. The Balaban J connectivity index is 0.000000183. The molecule has 6 amide bonds. The van der Waals surface area contributed by atoms with Gasteiger partial charge < -0.3 is 95.2 Å². The lowest BCUT2D eigenvalue weighted by Gasteiger charge is -2.29. The molecule has 18 N–H and O–H groups in total. The van der Waals surface area contributed by atoms with Crippen molar-refractivity contribution in [2.45, 2.75) is 132 Å².